The summed E-state index contributed by atoms with van der Waals surface area (Å²) < 4.78 is 2.49. The van der Waals surface area contributed by atoms with Crippen molar-refractivity contribution in [1.82, 2.24) is 24.6 Å². The van der Waals surface area contributed by atoms with Crippen LogP contribution in [0.25, 0.3) is 5.82 Å². The Kier molecular flexibility index (Phi) is 8.32. The average Bonchev–Trinajstić information content (AvgIpc) is 2.97. The molecule has 0 saturated carbocycles. The van der Waals surface area contributed by atoms with Gasteiger partial charge in [-0.3, -0.25) is 23.8 Å². The van der Waals surface area contributed by atoms with Crippen LogP contribution < -0.4 is 16.6 Å². The number of nitrogens with zero attached hydrogens (tertiary/aromatic N) is 3. The molecule has 0 fully saturated rings. The third kappa shape index (κ3) is 6.71. The Morgan fingerprint density at radius 3 is 2.59 bits per heavy atom. The molecule has 2 N–H and O–H groups in total. The zero-order chi connectivity index (χ0) is 19.6. The lowest BCUT2D eigenvalue weighted by Crippen LogP contribution is -2.29. The van der Waals surface area contributed by atoms with Gasteiger partial charge >= 0.3 is 5.69 Å². The standard InChI is InChI=1S/C18H26ClN5O3/c1-2-3-4-5-6-7-8-10-20-16(26)13-23-12-14(19)17(22-23)24-11-9-15(25)21-18(24)27/h9,11-12H,2-8,10,13H2,1H3,(H,20,26)(H,21,25,27). The highest BCUT2D eigenvalue weighted by atomic mass is 35.5. The molecule has 1 amide bonds. The average molecular weight is 396 g/mol. The van der Waals surface area contributed by atoms with Crippen LogP contribution >= 0.6 is 11.6 Å². The summed E-state index contributed by atoms with van der Waals surface area (Å²) in [6.45, 7) is 2.84. The smallest absolute Gasteiger partial charge is 0.334 e. The van der Waals surface area contributed by atoms with Crippen molar-refractivity contribution in [3.8, 4) is 5.82 Å². The third-order valence-electron chi connectivity index (χ3n) is 4.16. The van der Waals surface area contributed by atoms with Crippen molar-refractivity contribution in [2.24, 2.45) is 0 Å². The largest absolute Gasteiger partial charge is 0.354 e. The summed E-state index contributed by atoms with van der Waals surface area (Å²) in [5.41, 5.74) is -1.14. The monoisotopic (exact) mass is 395 g/mol. The summed E-state index contributed by atoms with van der Waals surface area (Å²) in [7, 11) is 0. The summed E-state index contributed by atoms with van der Waals surface area (Å²) in [5, 5.41) is 7.24. The van der Waals surface area contributed by atoms with Crippen LogP contribution in [0.15, 0.2) is 28.0 Å². The van der Waals surface area contributed by atoms with Crippen LogP contribution in [0.3, 0.4) is 0 Å². The molecule has 0 spiro atoms. The molecule has 0 atom stereocenters. The second-order valence-corrected chi connectivity index (χ2v) is 6.86. The molecular weight excluding hydrogens is 370 g/mol. The normalized spacial score (nSPS) is 10.9. The molecule has 2 aromatic heterocycles. The van der Waals surface area contributed by atoms with Gasteiger partial charge in [-0.1, -0.05) is 57.0 Å². The Labute approximate surface area is 162 Å². The van der Waals surface area contributed by atoms with E-state index in [4.69, 9.17) is 11.6 Å². The molecule has 0 bridgehead atoms. The number of amides is 1. The third-order valence-corrected chi connectivity index (χ3v) is 4.43. The Morgan fingerprint density at radius 2 is 1.89 bits per heavy atom. The number of nitrogens with one attached hydrogen (secondary N) is 2. The molecule has 0 aromatic carbocycles. The summed E-state index contributed by atoms with van der Waals surface area (Å²) in [4.78, 5) is 37.1. The Hall–Kier alpha value is -2.35. The van der Waals surface area contributed by atoms with Crippen molar-refractivity contribution >= 4 is 17.5 Å². The zero-order valence-electron chi connectivity index (χ0n) is 15.5. The van der Waals surface area contributed by atoms with Crippen LogP contribution in [0.2, 0.25) is 5.02 Å². The number of rotatable bonds is 11. The molecule has 9 heteroatoms. The minimum absolute atomic E-state index is 0.00826. The summed E-state index contributed by atoms with van der Waals surface area (Å²) in [6, 6.07) is 1.20. The molecule has 0 aliphatic rings. The van der Waals surface area contributed by atoms with Crippen LogP contribution in [0, 0.1) is 0 Å². The van der Waals surface area contributed by atoms with Crippen molar-refractivity contribution in [2.75, 3.05) is 6.54 Å². The van der Waals surface area contributed by atoms with E-state index in [1.807, 2.05) is 0 Å². The highest BCUT2D eigenvalue weighted by molar-refractivity contribution is 6.32. The fourth-order valence-corrected chi connectivity index (χ4v) is 2.97. The lowest BCUT2D eigenvalue weighted by Gasteiger charge is -2.05. The molecule has 0 unspecified atom stereocenters. The summed E-state index contributed by atoms with van der Waals surface area (Å²) >= 11 is 6.11. The van der Waals surface area contributed by atoms with E-state index in [-0.39, 0.29) is 23.3 Å². The van der Waals surface area contributed by atoms with Gasteiger partial charge in [0, 0.05) is 25.0 Å². The SMILES string of the molecule is CCCCCCCCCNC(=O)Cn1cc(Cl)c(-n2ccc(=O)[nH]c2=O)n1. The molecule has 2 rings (SSSR count). The number of carbonyl (C=O) groups excluding carboxylic acids is 1. The second kappa shape index (κ2) is 10.7. The molecule has 8 nitrogen and oxygen atoms in total. The van der Waals surface area contributed by atoms with Crippen LogP contribution in [-0.2, 0) is 11.3 Å². The summed E-state index contributed by atoms with van der Waals surface area (Å²) in [6.07, 6.45) is 11.1. The quantitative estimate of drug-likeness (QED) is 0.569. The Morgan fingerprint density at radius 1 is 1.19 bits per heavy atom. The topological polar surface area (TPSA) is 102 Å². The van der Waals surface area contributed by atoms with Gasteiger partial charge in [0.25, 0.3) is 5.56 Å². The first-order valence-corrected chi connectivity index (χ1v) is 9.71. The van der Waals surface area contributed by atoms with E-state index in [0.717, 1.165) is 17.4 Å². The molecule has 2 heterocycles. The molecule has 148 valence electrons. The molecule has 0 aliphatic heterocycles. The number of H-pyrrole nitrogens is 1. The molecular formula is C18H26ClN5O3. The molecule has 0 saturated heterocycles. The van der Waals surface area contributed by atoms with E-state index >= 15 is 0 Å². The van der Waals surface area contributed by atoms with Gasteiger partial charge in [0.1, 0.15) is 11.6 Å². The van der Waals surface area contributed by atoms with E-state index < -0.39 is 11.2 Å². The minimum atomic E-state index is -0.641. The number of carbonyl (C=O) groups is 1. The van der Waals surface area contributed by atoms with E-state index in [2.05, 4.69) is 22.3 Å². The number of halogens is 1. The van der Waals surface area contributed by atoms with Gasteiger partial charge in [-0.2, -0.15) is 5.10 Å². The molecule has 27 heavy (non-hydrogen) atoms. The predicted octanol–water partition coefficient (Wildman–Crippen LogP) is 2.24. The Bertz CT molecular complexity index is 855. The zero-order valence-corrected chi connectivity index (χ0v) is 16.3. The van der Waals surface area contributed by atoms with Crippen molar-refractivity contribution in [2.45, 2.75) is 58.4 Å². The first-order chi connectivity index (χ1) is 13.0. The van der Waals surface area contributed by atoms with Gasteiger partial charge in [-0.05, 0) is 6.42 Å². The summed E-state index contributed by atoms with van der Waals surface area (Å²) in [5.74, 6) is -0.00156. The van der Waals surface area contributed by atoms with E-state index in [1.165, 1.54) is 55.2 Å². The fraction of sp³-hybridized carbons (Fsp3) is 0.556. The molecule has 2 aromatic rings. The predicted molar refractivity (Wildman–Crippen MR) is 104 cm³/mol. The maximum absolute atomic E-state index is 12.0. The van der Waals surface area contributed by atoms with Crippen molar-refractivity contribution in [1.29, 1.82) is 0 Å². The van der Waals surface area contributed by atoms with Crippen molar-refractivity contribution in [3.05, 3.63) is 44.3 Å². The maximum atomic E-state index is 12.0. The van der Waals surface area contributed by atoms with E-state index in [0.29, 0.717) is 6.54 Å². The van der Waals surface area contributed by atoms with Crippen LogP contribution in [0.4, 0.5) is 0 Å². The Balaban J connectivity index is 1.80. The number of hydrogen-bond acceptors (Lipinski definition) is 4. The van der Waals surface area contributed by atoms with E-state index in [9.17, 15) is 14.4 Å². The minimum Gasteiger partial charge on any atom is -0.354 e. The van der Waals surface area contributed by atoms with Crippen LogP contribution in [0.5, 0.6) is 0 Å². The van der Waals surface area contributed by atoms with Crippen molar-refractivity contribution < 1.29 is 4.79 Å². The first-order valence-electron chi connectivity index (χ1n) is 9.33. The highest BCUT2D eigenvalue weighted by Gasteiger charge is 2.12. The number of aromatic amines is 1. The van der Waals surface area contributed by atoms with E-state index in [1.54, 1.807) is 0 Å². The van der Waals surface area contributed by atoms with Gasteiger partial charge < -0.3 is 5.32 Å². The van der Waals surface area contributed by atoms with Gasteiger partial charge in [-0.25, -0.2) is 4.79 Å². The molecule has 0 aliphatic carbocycles. The van der Waals surface area contributed by atoms with Crippen LogP contribution in [-0.4, -0.2) is 31.8 Å². The lowest BCUT2D eigenvalue weighted by molar-refractivity contribution is -0.121. The highest BCUT2D eigenvalue weighted by Crippen LogP contribution is 2.16. The van der Waals surface area contributed by atoms with Crippen molar-refractivity contribution in [3.63, 3.8) is 0 Å². The lowest BCUT2D eigenvalue weighted by atomic mass is 10.1. The first kappa shape index (κ1) is 21.0. The number of unbranched alkanes of at least 4 members (excludes halogenated alkanes) is 6. The number of aromatic nitrogens is 4. The second-order valence-electron chi connectivity index (χ2n) is 6.45. The van der Waals surface area contributed by atoms with Crippen LogP contribution in [0.1, 0.15) is 51.9 Å². The maximum Gasteiger partial charge on any atom is 0.334 e. The van der Waals surface area contributed by atoms with Gasteiger partial charge in [0.05, 0.1) is 0 Å². The van der Waals surface area contributed by atoms with Gasteiger partial charge in [-0.15, -0.1) is 0 Å². The number of hydrogen-bond donors (Lipinski definition) is 2. The van der Waals surface area contributed by atoms with Gasteiger partial charge in [0.2, 0.25) is 5.91 Å². The fourth-order valence-electron chi connectivity index (χ4n) is 2.73. The molecule has 0 radical (unpaired) electrons. The van der Waals surface area contributed by atoms with Gasteiger partial charge in [0.15, 0.2) is 5.82 Å².